The van der Waals surface area contributed by atoms with Gasteiger partial charge < -0.3 is 10.1 Å². The minimum atomic E-state index is -0.00259. The van der Waals surface area contributed by atoms with Crippen molar-refractivity contribution in [2.24, 2.45) is 11.8 Å². The largest absolute Gasteiger partial charge is 0.466 e. The summed E-state index contributed by atoms with van der Waals surface area (Å²) in [4.78, 5) is 11.4. The van der Waals surface area contributed by atoms with E-state index in [-0.39, 0.29) is 11.9 Å². The fourth-order valence-corrected chi connectivity index (χ4v) is 2.36. The molecule has 2 fully saturated rings. The highest BCUT2D eigenvalue weighted by Crippen LogP contribution is 2.36. The van der Waals surface area contributed by atoms with Crippen LogP contribution in [0.2, 0.25) is 0 Å². The van der Waals surface area contributed by atoms with Gasteiger partial charge in [-0.2, -0.15) is 0 Å². The first-order chi connectivity index (χ1) is 5.81. The van der Waals surface area contributed by atoms with Crippen molar-refractivity contribution in [1.82, 2.24) is 5.32 Å². The number of hydrogen-bond donors (Lipinski definition) is 1. The van der Waals surface area contributed by atoms with Crippen LogP contribution in [0, 0.1) is 11.8 Å². The number of carbonyl (C=O) groups excluding carboxylic acids is 1. The lowest BCUT2D eigenvalue weighted by molar-refractivity contribution is -0.148. The SMILES string of the molecule is CCOC(=O)C1CC2CNC1C2. The standard InChI is InChI=1S/C9H15NO2/c1-2-12-9(11)7-3-6-4-8(7)10-5-6/h6-8,10H,2-5H2,1H3. The van der Waals surface area contributed by atoms with Crippen LogP contribution in [-0.2, 0) is 9.53 Å². The van der Waals surface area contributed by atoms with Gasteiger partial charge in [0.25, 0.3) is 0 Å². The Morgan fingerprint density at radius 1 is 1.58 bits per heavy atom. The second-order valence-electron chi connectivity index (χ2n) is 3.71. The molecule has 1 saturated carbocycles. The average Bonchev–Trinajstić information content (AvgIpc) is 2.64. The average molecular weight is 169 g/mol. The molecule has 3 unspecified atom stereocenters. The van der Waals surface area contributed by atoms with E-state index in [0.29, 0.717) is 12.6 Å². The Balaban J connectivity index is 1.93. The fourth-order valence-electron chi connectivity index (χ4n) is 2.36. The van der Waals surface area contributed by atoms with E-state index in [1.165, 1.54) is 6.42 Å². The maximum Gasteiger partial charge on any atom is 0.310 e. The normalized spacial score (nSPS) is 38.6. The molecule has 3 nitrogen and oxygen atoms in total. The zero-order chi connectivity index (χ0) is 8.55. The summed E-state index contributed by atoms with van der Waals surface area (Å²) < 4.78 is 5.00. The molecule has 3 atom stereocenters. The molecule has 2 aliphatic rings. The van der Waals surface area contributed by atoms with Crippen molar-refractivity contribution in [3.63, 3.8) is 0 Å². The van der Waals surface area contributed by atoms with Gasteiger partial charge in [0.05, 0.1) is 12.5 Å². The fraction of sp³-hybridized carbons (Fsp3) is 0.889. The second kappa shape index (κ2) is 3.05. The van der Waals surface area contributed by atoms with Gasteiger partial charge in [-0.3, -0.25) is 4.79 Å². The van der Waals surface area contributed by atoms with Crippen LogP contribution in [0.3, 0.4) is 0 Å². The molecule has 2 bridgehead atoms. The van der Waals surface area contributed by atoms with Gasteiger partial charge in [0.2, 0.25) is 0 Å². The predicted molar refractivity (Wildman–Crippen MR) is 44.6 cm³/mol. The predicted octanol–water partition coefficient (Wildman–Crippen LogP) is 0.547. The summed E-state index contributed by atoms with van der Waals surface area (Å²) in [7, 11) is 0. The van der Waals surface area contributed by atoms with Crippen molar-refractivity contribution < 1.29 is 9.53 Å². The third-order valence-corrected chi connectivity index (χ3v) is 2.92. The highest BCUT2D eigenvalue weighted by Gasteiger charge is 2.43. The maximum atomic E-state index is 11.4. The van der Waals surface area contributed by atoms with Crippen LogP contribution in [0.5, 0.6) is 0 Å². The zero-order valence-corrected chi connectivity index (χ0v) is 7.38. The van der Waals surface area contributed by atoms with E-state index >= 15 is 0 Å². The van der Waals surface area contributed by atoms with Crippen LogP contribution in [0.4, 0.5) is 0 Å². The molecule has 1 aliphatic carbocycles. The van der Waals surface area contributed by atoms with Crippen LogP contribution >= 0.6 is 0 Å². The van der Waals surface area contributed by atoms with Gasteiger partial charge in [-0.15, -0.1) is 0 Å². The quantitative estimate of drug-likeness (QED) is 0.613. The Hall–Kier alpha value is -0.570. The van der Waals surface area contributed by atoms with Crippen molar-refractivity contribution in [2.75, 3.05) is 13.2 Å². The minimum absolute atomic E-state index is 0.00259. The Labute approximate surface area is 72.5 Å². The topological polar surface area (TPSA) is 38.3 Å². The summed E-state index contributed by atoms with van der Waals surface area (Å²) in [6.07, 6.45) is 2.21. The Bertz CT molecular complexity index is 193. The van der Waals surface area contributed by atoms with E-state index in [0.717, 1.165) is 18.9 Å². The molecule has 0 amide bonds. The van der Waals surface area contributed by atoms with Gasteiger partial charge in [-0.25, -0.2) is 0 Å². The minimum Gasteiger partial charge on any atom is -0.466 e. The molecule has 68 valence electrons. The molecule has 2 rings (SSSR count). The molecule has 1 saturated heterocycles. The highest BCUT2D eigenvalue weighted by atomic mass is 16.5. The summed E-state index contributed by atoms with van der Waals surface area (Å²) in [5, 5.41) is 3.34. The van der Waals surface area contributed by atoms with E-state index < -0.39 is 0 Å². The molecule has 3 heteroatoms. The number of rotatable bonds is 2. The van der Waals surface area contributed by atoms with Gasteiger partial charge in [0.1, 0.15) is 0 Å². The summed E-state index contributed by atoms with van der Waals surface area (Å²) in [5.74, 6) is 0.866. The van der Waals surface area contributed by atoms with Crippen molar-refractivity contribution in [2.45, 2.75) is 25.8 Å². The first kappa shape index (κ1) is 8.05. The summed E-state index contributed by atoms with van der Waals surface area (Å²) >= 11 is 0. The van der Waals surface area contributed by atoms with Crippen molar-refractivity contribution in [1.29, 1.82) is 0 Å². The molecule has 0 spiro atoms. The molecule has 1 aliphatic heterocycles. The second-order valence-corrected chi connectivity index (χ2v) is 3.71. The van der Waals surface area contributed by atoms with E-state index in [9.17, 15) is 4.79 Å². The third-order valence-electron chi connectivity index (χ3n) is 2.92. The Morgan fingerprint density at radius 3 is 2.92 bits per heavy atom. The monoisotopic (exact) mass is 169 g/mol. The number of carbonyl (C=O) groups is 1. The lowest BCUT2D eigenvalue weighted by Gasteiger charge is -2.20. The molecule has 0 aromatic rings. The molecular weight excluding hydrogens is 154 g/mol. The summed E-state index contributed by atoms with van der Waals surface area (Å²) in [6, 6.07) is 0.411. The molecule has 0 aromatic heterocycles. The van der Waals surface area contributed by atoms with Crippen LogP contribution in [-0.4, -0.2) is 25.2 Å². The van der Waals surface area contributed by atoms with E-state index in [1.54, 1.807) is 0 Å². The Kier molecular flexibility index (Phi) is 2.05. The van der Waals surface area contributed by atoms with Crippen molar-refractivity contribution >= 4 is 5.97 Å². The van der Waals surface area contributed by atoms with Gasteiger partial charge in [-0.05, 0) is 32.2 Å². The maximum absolute atomic E-state index is 11.4. The molecule has 0 radical (unpaired) electrons. The smallest absolute Gasteiger partial charge is 0.310 e. The lowest BCUT2D eigenvalue weighted by Crippen LogP contribution is -2.38. The van der Waals surface area contributed by atoms with Gasteiger partial charge in [-0.1, -0.05) is 0 Å². The number of piperidine rings is 1. The number of esters is 1. The zero-order valence-electron chi connectivity index (χ0n) is 7.38. The third kappa shape index (κ3) is 1.22. The van der Waals surface area contributed by atoms with Crippen LogP contribution in [0.25, 0.3) is 0 Å². The molecule has 12 heavy (non-hydrogen) atoms. The van der Waals surface area contributed by atoms with Crippen LogP contribution < -0.4 is 5.32 Å². The first-order valence-electron chi connectivity index (χ1n) is 4.71. The van der Waals surface area contributed by atoms with E-state index in [4.69, 9.17) is 4.74 Å². The van der Waals surface area contributed by atoms with Crippen LogP contribution in [0.1, 0.15) is 19.8 Å². The van der Waals surface area contributed by atoms with E-state index in [1.807, 2.05) is 6.92 Å². The van der Waals surface area contributed by atoms with Gasteiger partial charge in [0.15, 0.2) is 0 Å². The summed E-state index contributed by atoms with van der Waals surface area (Å²) in [5.41, 5.74) is 0. The lowest BCUT2D eigenvalue weighted by atomic mass is 10.0. The van der Waals surface area contributed by atoms with Crippen molar-refractivity contribution in [3.8, 4) is 0 Å². The number of ether oxygens (including phenoxy) is 1. The molecule has 1 N–H and O–H groups in total. The molecule has 1 heterocycles. The number of nitrogens with one attached hydrogen (secondary N) is 1. The van der Waals surface area contributed by atoms with E-state index in [2.05, 4.69) is 5.32 Å². The van der Waals surface area contributed by atoms with Crippen LogP contribution in [0.15, 0.2) is 0 Å². The summed E-state index contributed by atoms with van der Waals surface area (Å²) in [6.45, 7) is 3.46. The highest BCUT2D eigenvalue weighted by molar-refractivity contribution is 5.74. The molecular formula is C9H15NO2. The Morgan fingerprint density at radius 2 is 2.42 bits per heavy atom. The van der Waals surface area contributed by atoms with Gasteiger partial charge in [0, 0.05) is 6.04 Å². The van der Waals surface area contributed by atoms with Crippen molar-refractivity contribution in [3.05, 3.63) is 0 Å². The number of hydrogen-bond acceptors (Lipinski definition) is 3. The first-order valence-corrected chi connectivity index (χ1v) is 4.71. The van der Waals surface area contributed by atoms with Gasteiger partial charge >= 0.3 is 5.97 Å². The molecule has 0 aromatic carbocycles. The number of fused-ring (bicyclic) bond motifs is 2.